The number of ether oxygens (including phenoxy) is 1. The number of aromatic nitrogens is 2. The summed E-state index contributed by atoms with van der Waals surface area (Å²) in [5.41, 5.74) is 0.691. The molecule has 1 aliphatic rings. The highest BCUT2D eigenvalue weighted by molar-refractivity contribution is 5.32. The predicted molar refractivity (Wildman–Crippen MR) is 76.6 cm³/mol. The lowest BCUT2D eigenvalue weighted by Crippen LogP contribution is -2.36. The van der Waals surface area contributed by atoms with Crippen LogP contribution in [0.15, 0.2) is 42.7 Å². The number of nitrogens with zero attached hydrogens (tertiary/aromatic N) is 3. The zero-order valence-electron chi connectivity index (χ0n) is 11.6. The molecule has 108 valence electrons. The number of nitriles is 1. The highest BCUT2D eigenvalue weighted by Crippen LogP contribution is 2.40. The van der Waals surface area contributed by atoms with Gasteiger partial charge in [-0.1, -0.05) is 18.2 Å². The SMILES string of the molecule is N#CC1(C(O)c2cnn(-c3ccccc3)c2)CCCOC1. The Kier molecular flexibility index (Phi) is 3.74. The average molecular weight is 283 g/mol. The Morgan fingerprint density at radius 1 is 1.38 bits per heavy atom. The zero-order valence-corrected chi connectivity index (χ0v) is 11.6. The van der Waals surface area contributed by atoms with Gasteiger partial charge in [0.05, 0.1) is 24.6 Å². The van der Waals surface area contributed by atoms with Crippen molar-refractivity contribution in [2.45, 2.75) is 18.9 Å². The Balaban J connectivity index is 1.87. The molecule has 5 nitrogen and oxygen atoms in total. The normalized spacial score (nSPS) is 23.4. The molecule has 2 atom stereocenters. The van der Waals surface area contributed by atoms with Gasteiger partial charge >= 0.3 is 0 Å². The van der Waals surface area contributed by atoms with Crippen LogP contribution >= 0.6 is 0 Å². The van der Waals surface area contributed by atoms with Crippen molar-refractivity contribution in [1.29, 1.82) is 5.26 Å². The van der Waals surface area contributed by atoms with Crippen molar-refractivity contribution < 1.29 is 9.84 Å². The van der Waals surface area contributed by atoms with Gasteiger partial charge in [-0.15, -0.1) is 0 Å². The van der Waals surface area contributed by atoms with E-state index >= 15 is 0 Å². The molecule has 2 heterocycles. The largest absolute Gasteiger partial charge is 0.387 e. The summed E-state index contributed by atoms with van der Waals surface area (Å²) in [5, 5.41) is 24.4. The number of benzene rings is 1. The molecular formula is C16H17N3O2. The molecule has 0 spiro atoms. The molecule has 3 rings (SSSR count). The van der Waals surface area contributed by atoms with Gasteiger partial charge in [-0.3, -0.25) is 0 Å². The summed E-state index contributed by atoms with van der Waals surface area (Å²) >= 11 is 0. The van der Waals surface area contributed by atoms with E-state index in [0.717, 1.165) is 12.1 Å². The first-order valence-corrected chi connectivity index (χ1v) is 7.02. The van der Waals surface area contributed by atoms with Gasteiger partial charge in [-0.05, 0) is 25.0 Å². The van der Waals surface area contributed by atoms with E-state index in [0.29, 0.717) is 18.6 Å². The quantitative estimate of drug-likeness (QED) is 0.937. The van der Waals surface area contributed by atoms with Crippen molar-refractivity contribution in [1.82, 2.24) is 9.78 Å². The molecule has 0 amide bonds. The van der Waals surface area contributed by atoms with Crippen LogP contribution in [0.4, 0.5) is 0 Å². The van der Waals surface area contributed by atoms with E-state index < -0.39 is 11.5 Å². The molecule has 0 bridgehead atoms. The molecular weight excluding hydrogens is 266 g/mol. The van der Waals surface area contributed by atoms with Crippen molar-refractivity contribution in [2.75, 3.05) is 13.2 Å². The van der Waals surface area contributed by atoms with Crippen LogP contribution in [0.25, 0.3) is 5.69 Å². The molecule has 0 radical (unpaired) electrons. The minimum Gasteiger partial charge on any atom is -0.387 e. The van der Waals surface area contributed by atoms with Gasteiger partial charge < -0.3 is 9.84 Å². The van der Waals surface area contributed by atoms with E-state index in [2.05, 4.69) is 11.2 Å². The Labute approximate surface area is 123 Å². The van der Waals surface area contributed by atoms with E-state index in [1.165, 1.54) is 0 Å². The summed E-state index contributed by atoms with van der Waals surface area (Å²) in [5.74, 6) is 0. The average Bonchev–Trinajstić information content (AvgIpc) is 3.05. The first-order valence-electron chi connectivity index (χ1n) is 7.02. The van der Waals surface area contributed by atoms with Gasteiger partial charge in [0.2, 0.25) is 0 Å². The molecule has 1 fully saturated rings. The van der Waals surface area contributed by atoms with E-state index in [1.807, 2.05) is 30.3 Å². The van der Waals surface area contributed by atoms with Gasteiger partial charge in [-0.2, -0.15) is 10.4 Å². The molecule has 1 aliphatic heterocycles. The fourth-order valence-corrected chi connectivity index (χ4v) is 2.70. The number of hydrogen-bond donors (Lipinski definition) is 1. The maximum absolute atomic E-state index is 10.6. The van der Waals surface area contributed by atoms with Crippen LogP contribution in [-0.2, 0) is 4.74 Å². The first-order chi connectivity index (χ1) is 10.2. The topological polar surface area (TPSA) is 71.1 Å². The number of aliphatic hydroxyl groups excluding tert-OH is 1. The second-order valence-electron chi connectivity index (χ2n) is 5.38. The van der Waals surface area contributed by atoms with Crippen molar-refractivity contribution in [3.63, 3.8) is 0 Å². The second kappa shape index (κ2) is 5.68. The van der Waals surface area contributed by atoms with Crippen LogP contribution in [0.2, 0.25) is 0 Å². The predicted octanol–water partition coefficient (Wildman–Crippen LogP) is 2.23. The van der Waals surface area contributed by atoms with Gasteiger partial charge in [0.25, 0.3) is 0 Å². The van der Waals surface area contributed by atoms with Crippen molar-refractivity contribution in [3.05, 3.63) is 48.3 Å². The molecule has 2 aromatic rings. The lowest BCUT2D eigenvalue weighted by molar-refractivity contribution is -0.0505. The fourth-order valence-electron chi connectivity index (χ4n) is 2.70. The fraction of sp³-hybridized carbons (Fsp3) is 0.375. The highest BCUT2D eigenvalue weighted by atomic mass is 16.5. The Morgan fingerprint density at radius 3 is 2.86 bits per heavy atom. The van der Waals surface area contributed by atoms with Crippen LogP contribution in [-0.4, -0.2) is 28.1 Å². The van der Waals surface area contributed by atoms with Gasteiger partial charge in [0.15, 0.2) is 0 Å². The molecule has 2 unspecified atom stereocenters. The number of aliphatic hydroxyl groups is 1. The Bertz CT molecular complexity index is 639. The smallest absolute Gasteiger partial charge is 0.111 e. The maximum atomic E-state index is 10.6. The summed E-state index contributed by atoms with van der Waals surface area (Å²) in [6.45, 7) is 0.917. The van der Waals surface area contributed by atoms with E-state index in [9.17, 15) is 10.4 Å². The van der Waals surface area contributed by atoms with Crippen LogP contribution in [0.3, 0.4) is 0 Å². The molecule has 1 saturated heterocycles. The summed E-state index contributed by atoms with van der Waals surface area (Å²) < 4.78 is 7.10. The maximum Gasteiger partial charge on any atom is 0.111 e. The minimum atomic E-state index is -0.889. The molecule has 21 heavy (non-hydrogen) atoms. The molecule has 0 aliphatic carbocycles. The summed E-state index contributed by atoms with van der Waals surface area (Å²) in [4.78, 5) is 0. The van der Waals surface area contributed by atoms with Crippen molar-refractivity contribution in [3.8, 4) is 11.8 Å². The summed E-state index contributed by atoms with van der Waals surface area (Å²) in [6.07, 6.45) is 3.93. The first kappa shape index (κ1) is 13.8. The van der Waals surface area contributed by atoms with Crippen LogP contribution in [0, 0.1) is 16.7 Å². The second-order valence-corrected chi connectivity index (χ2v) is 5.38. The van der Waals surface area contributed by atoms with Crippen LogP contribution < -0.4 is 0 Å². The lowest BCUT2D eigenvalue weighted by Gasteiger charge is -2.34. The molecule has 1 aromatic heterocycles. The van der Waals surface area contributed by atoms with Gasteiger partial charge in [0, 0.05) is 18.4 Å². The van der Waals surface area contributed by atoms with Crippen molar-refractivity contribution >= 4 is 0 Å². The number of hydrogen-bond acceptors (Lipinski definition) is 4. The number of para-hydroxylation sites is 1. The van der Waals surface area contributed by atoms with E-state index in [-0.39, 0.29) is 6.61 Å². The third-order valence-corrected chi connectivity index (χ3v) is 3.96. The summed E-state index contributed by atoms with van der Waals surface area (Å²) in [7, 11) is 0. The van der Waals surface area contributed by atoms with Crippen molar-refractivity contribution in [2.24, 2.45) is 5.41 Å². The summed E-state index contributed by atoms with van der Waals surface area (Å²) in [6, 6.07) is 11.9. The highest BCUT2D eigenvalue weighted by Gasteiger charge is 2.41. The van der Waals surface area contributed by atoms with Gasteiger partial charge in [0.1, 0.15) is 11.5 Å². The Morgan fingerprint density at radius 2 is 2.19 bits per heavy atom. The van der Waals surface area contributed by atoms with Crippen LogP contribution in [0.5, 0.6) is 0 Å². The minimum absolute atomic E-state index is 0.265. The number of rotatable bonds is 3. The van der Waals surface area contributed by atoms with Gasteiger partial charge in [-0.25, -0.2) is 4.68 Å². The molecule has 5 heteroatoms. The third kappa shape index (κ3) is 2.56. The molecule has 0 saturated carbocycles. The van der Waals surface area contributed by atoms with E-state index in [1.54, 1.807) is 17.1 Å². The zero-order chi connectivity index (χ0) is 14.7. The molecule has 1 N–H and O–H groups in total. The lowest BCUT2D eigenvalue weighted by atomic mass is 9.77. The third-order valence-electron chi connectivity index (χ3n) is 3.96. The van der Waals surface area contributed by atoms with E-state index in [4.69, 9.17) is 4.74 Å². The van der Waals surface area contributed by atoms with Crippen LogP contribution in [0.1, 0.15) is 24.5 Å². The Hall–Kier alpha value is -2.16. The standard InChI is InChI=1S/C16H17N3O2/c17-11-16(7-4-8-21-12-16)15(20)13-9-18-19(10-13)14-5-2-1-3-6-14/h1-3,5-6,9-10,15,20H,4,7-8,12H2. The monoisotopic (exact) mass is 283 g/mol. The molecule has 1 aromatic carbocycles.